The molecular weight excluding hydrogens is 292 g/mol. The highest BCUT2D eigenvalue weighted by molar-refractivity contribution is 5.93. The number of rotatable bonds is 2. The molecule has 0 bridgehead atoms. The predicted octanol–water partition coefficient (Wildman–Crippen LogP) is 1.04. The minimum absolute atomic E-state index is 0.427. The maximum atomic E-state index is 11.6. The second-order valence-electron chi connectivity index (χ2n) is 7.56. The van der Waals surface area contributed by atoms with E-state index < -0.39 is 5.91 Å². The van der Waals surface area contributed by atoms with Gasteiger partial charge in [-0.25, -0.2) is 5.48 Å². The van der Waals surface area contributed by atoms with E-state index >= 15 is 0 Å². The summed E-state index contributed by atoms with van der Waals surface area (Å²) in [7, 11) is 2.20. The number of hydroxylamine groups is 1. The topological polar surface area (TPSA) is 68.7 Å². The van der Waals surface area contributed by atoms with Crippen LogP contribution in [-0.4, -0.2) is 58.6 Å². The van der Waals surface area contributed by atoms with E-state index in [2.05, 4.69) is 21.8 Å². The summed E-state index contributed by atoms with van der Waals surface area (Å²) >= 11 is 0. The Kier molecular flexibility index (Phi) is 3.63. The standard InChI is InChI=1S/C17H24N4O2/c1-20-10-17(11-20)4-2-14(7-17)21-5-3-15-13(9-21)6-12(8-18-15)16(22)19-23/h6,8,14,23H,2-5,7,9-11H2,1H3,(H,19,22)/t14-/m0/s1. The van der Waals surface area contributed by atoms with Gasteiger partial charge in [0.25, 0.3) is 5.91 Å². The first-order valence-corrected chi connectivity index (χ1v) is 8.43. The van der Waals surface area contributed by atoms with Crippen LogP contribution < -0.4 is 5.48 Å². The molecule has 3 heterocycles. The van der Waals surface area contributed by atoms with Gasteiger partial charge in [0.1, 0.15) is 0 Å². The lowest BCUT2D eigenvalue weighted by atomic mass is 9.78. The molecule has 124 valence electrons. The highest BCUT2D eigenvalue weighted by Crippen LogP contribution is 2.46. The molecule has 0 radical (unpaired) electrons. The molecule has 6 heteroatoms. The van der Waals surface area contributed by atoms with Crippen molar-refractivity contribution >= 4 is 5.91 Å². The van der Waals surface area contributed by atoms with Gasteiger partial charge in [0.2, 0.25) is 0 Å². The average molecular weight is 316 g/mol. The fourth-order valence-corrected chi connectivity index (χ4v) is 4.82. The van der Waals surface area contributed by atoms with E-state index in [1.54, 1.807) is 11.7 Å². The lowest BCUT2D eigenvalue weighted by Crippen LogP contribution is -2.53. The zero-order valence-electron chi connectivity index (χ0n) is 13.6. The lowest BCUT2D eigenvalue weighted by Gasteiger charge is -2.47. The fraction of sp³-hybridized carbons (Fsp3) is 0.647. The van der Waals surface area contributed by atoms with Crippen molar-refractivity contribution in [1.82, 2.24) is 20.3 Å². The first kappa shape index (κ1) is 15.1. The lowest BCUT2D eigenvalue weighted by molar-refractivity contribution is 0.0198. The summed E-state index contributed by atoms with van der Waals surface area (Å²) in [4.78, 5) is 21.0. The molecule has 6 nitrogen and oxygen atoms in total. The Labute approximate surface area is 136 Å². The van der Waals surface area contributed by atoms with Crippen molar-refractivity contribution in [1.29, 1.82) is 0 Å². The van der Waals surface area contributed by atoms with Gasteiger partial charge in [-0.3, -0.25) is 19.9 Å². The number of nitrogens with zero attached hydrogens (tertiary/aromatic N) is 3. The monoisotopic (exact) mass is 316 g/mol. The molecule has 1 aromatic heterocycles. The van der Waals surface area contributed by atoms with Crippen molar-refractivity contribution in [2.75, 3.05) is 26.7 Å². The Bertz CT molecular complexity index is 627. The van der Waals surface area contributed by atoms with Crippen molar-refractivity contribution in [3.05, 3.63) is 29.1 Å². The van der Waals surface area contributed by atoms with Gasteiger partial charge in [0, 0.05) is 50.5 Å². The Hall–Kier alpha value is -1.50. The summed E-state index contributed by atoms with van der Waals surface area (Å²) in [6, 6.07) is 2.54. The minimum Gasteiger partial charge on any atom is -0.305 e. The van der Waals surface area contributed by atoms with Crippen LogP contribution in [0.15, 0.2) is 12.3 Å². The molecule has 2 N–H and O–H groups in total. The highest BCUT2D eigenvalue weighted by atomic mass is 16.5. The number of amides is 1. The Morgan fingerprint density at radius 3 is 3.04 bits per heavy atom. The summed E-state index contributed by atoms with van der Waals surface area (Å²) in [5.74, 6) is -0.491. The average Bonchev–Trinajstić information content (AvgIpc) is 2.98. The maximum Gasteiger partial charge on any atom is 0.276 e. The zero-order chi connectivity index (χ0) is 16.0. The third-order valence-electron chi connectivity index (χ3n) is 5.84. The molecule has 1 saturated heterocycles. The van der Waals surface area contributed by atoms with Crippen LogP contribution in [0.25, 0.3) is 0 Å². The highest BCUT2D eigenvalue weighted by Gasteiger charge is 2.48. The third-order valence-corrected chi connectivity index (χ3v) is 5.84. The van der Waals surface area contributed by atoms with Crippen molar-refractivity contribution in [3.63, 3.8) is 0 Å². The number of aromatic nitrogens is 1. The summed E-state index contributed by atoms with van der Waals surface area (Å²) < 4.78 is 0. The Morgan fingerprint density at radius 2 is 2.30 bits per heavy atom. The van der Waals surface area contributed by atoms with Gasteiger partial charge in [-0.05, 0) is 43.4 Å². The molecule has 1 amide bonds. The fourth-order valence-electron chi connectivity index (χ4n) is 4.82. The molecule has 1 spiro atoms. The van der Waals surface area contributed by atoms with E-state index in [4.69, 9.17) is 5.21 Å². The number of pyridine rings is 1. The number of hydrogen-bond acceptors (Lipinski definition) is 5. The molecule has 0 unspecified atom stereocenters. The molecular formula is C17H24N4O2. The van der Waals surface area contributed by atoms with Crippen LogP contribution in [0.2, 0.25) is 0 Å². The number of hydrogen-bond donors (Lipinski definition) is 2. The smallest absolute Gasteiger partial charge is 0.276 e. The van der Waals surface area contributed by atoms with E-state index in [0.717, 1.165) is 30.8 Å². The molecule has 23 heavy (non-hydrogen) atoms. The molecule has 1 saturated carbocycles. The van der Waals surface area contributed by atoms with Crippen LogP contribution in [0.3, 0.4) is 0 Å². The molecule has 1 aliphatic carbocycles. The number of fused-ring (bicyclic) bond motifs is 1. The van der Waals surface area contributed by atoms with Crippen LogP contribution in [0.1, 0.15) is 40.9 Å². The van der Waals surface area contributed by atoms with E-state index in [1.807, 2.05) is 6.07 Å². The third kappa shape index (κ3) is 2.65. The quantitative estimate of drug-likeness (QED) is 0.630. The molecule has 3 aliphatic rings. The van der Waals surface area contributed by atoms with Gasteiger partial charge in [-0.15, -0.1) is 0 Å². The Balaban J connectivity index is 1.47. The van der Waals surface area contributed by atoms with Gasteiger partial charge < -0.3 is 4.90 Å². The number of nitrogens with one attached hydrogen (secondary N) is 1. The largest absolute Gasteiger partial charge is 0.305 e. The predicted molar refractivity (Wildman–Crippen MR) is 85.2 cm³/mol. The van der Waals surface area contributed by atoms with E-state index in [1.165, 1.54) is 32.4 Å². The zero-order valence-corrected chi connectivity index (χ0v) is 13.6. The number of likely N-dealkylation sites (tertiary alicyclic amines) is 1. The first-order chi connectivity index (χ1) is 11.1. The summed E-state index contributed by atoms with van der Waals surface area (Å²) in [6.45, 7) is 4.42. The summed E-state index contributed by atoms with van der Waals surface area (Å²) in [5, 5.41) is 8.79. The van der Waals surface area contributed by atoms with Crippen LogP contribution in [0.5, 0.6) is 0 Å². The van der Waals surface area contributed by atoms with Crippen LogP contribution in [-0.2, 0) is 13.0 Å². The van der Waals surface area contributed by atoms with Gasteiger partial charge in [-0.1, -0.05) is 0 Å². The second-order valence-corrected chi connectivity index (χ2v) is 7.56. The molecule has 2 aliphatic heterocycles. The Morgan fingerprint density at radius 1 is 1.48 bits per heavy atom. The first-order valence-electron chi connectivity index (χ1n) is 8.43. The minimum atomic E-state index is -0.491. The van der Waals surface area contributed by atoms with Crippen LogP contribution in [0.4, 0.5) is 0 Å². The van der Waals surface area contributed by atoms with E-state index in [-0.39, 0.29) is 0 Å². The van der Waals surface area contributed by atoms with Crippen molar-refractivity contribution in [3.8, 4) is 0 Å². The normalized spacial score (nSPS) is 26.8. The van der Waals surface area contributed by atoms with Crippen molar-refractivity contribution in [2.45, 2.75) is 38.3 Å². The summed E-state index contributed by atoms with van der Waals surface area (Å²) in [5.41, 5.74) is 4.90. The molecule has 1 atom stereocenters. The summed E-state index contributed by atoms with van der Waals surface area (Å²) in [6.07, 6.45) is 6.43. The van der Waals surface area contributed by atoms with Crippen LogP contribution >= 0.6 is 0 Å². The maximum absolute atomic E-state index is 11.6. The van der Waals surface area contributed by atoms with E-state index in [9.17, 15) is 4.79 Å². The van der Waals surface area contributed by atoms with Gasteiger partial charge >= 0.3 is 0 Å². The SMILES string of the molecule is CN1CC2(CC[C@H](N3CCc4ncc(C(=O)NO)cc4C3)C2)C1. The van der Waals surface area contributed by atoms with Crippen molar-refractivity contribution in [2.24, 2.45) is 5.41 Å². The second kappa shape index (κ2) is 5.54. The molecule has 0 aromatic carbocycles. The number of carbonyl (C=O) groups excluding carboxylic acids is 1. The van der Waals surface area contributed by atoms with Gasteiger partial charge in [-0.2, -0.15) is 0 Å². The molecule has 1 aromatic rings. The number of carbonyl (C=O) groups is 1. The van der Waals surface area contributed by atoms with Gasteiger partial charge in [0.15, 0.2) is 0 Å². The van der Waals surface area contributed by atoms with Crippen molar-refractivity contribution < 1.29 is 10.0 Å². The molecule has 4 rings (SSSR count). The molecule has 2 fully saturated rings. The van der Waals surface area contributed by atoms with E-state index in [0.29, 0.717) is 17.0 Å². The van der Waals surface area contributed by atoms with Crippen LogP contribution in [0, 0.1) is 5.41 Å². The van der Waals surface area contributed by atoms with Gasteiger partial charge in [0.05, 0.1) is 5.56 Å².